The summed E-state index contributed by atoms with van der Waals surface area (Å²) >= 11 is 0. The van der Waals surface area contributed by atoms with Crippen LogP contribution in [0.3, 0.4) is 0 Å². The topological polar surface area (TPSA) is 85.9 Å². The molecule has 1 unspecified atom stereocenters. The van der Waals surface area contributed by atoms with Crippen LogP contribution in [0.2, 0.25) is 0 Å². The Kier molecular flexibility index (Phi) is 7.53. The van der Waals surface area contributed by atoms with Gasteiger partial charge in [0.2, 0.25) is 0 Å². The first-order chi connectivity index (χ1) is 17.3. The van der Waals surface area contributed by atoms with Crippen LogP contribution in [-0.2, 0) is 16.1 Å². The first-order valence-corrected chi connectivity index (χ1v) is 11.5. The number of urea groups is 1. The van der Waals surface area contributed by atoms with Crippen LogP contribution in [-0.4, -0.2) is 25.2 Å². The van der Waals surface area contributed by atoms with Crippen molar-refractivity contribution in [1.29, 1.82) is 0 Å². The zero-order valence-corrected chi connectivity index (χ0v) is 20.2. The van der Waals surface area contributed by atoms with Gasteiger partial charge in [0.1, 0.15) is 23.9 Å². The van der Waals surface area contributed by atoms with E-state index in [1.54, 1.807) is 81.6 Å². The summed E-state index contributed by atoms with van der Waals surface area (Å²) in [5, 5.41) is 5.60. The summed E-state index contributed by atoms with van der Waals surface area (Å²) in [5.74, 6) is 0.314. The molecule has 8 heteroatoms. The van der Waals surface area contributed by atoms with Crippen molar-refractivity contribution in [1.82, 2.24) is 10.6 Å². The minimum atomic E-state index is -0.781. The summed E-state index contributed by atoms with van der Waals surface area (Å²) in [7, 11) is 1.56. The van der Waals surface area contributed by atoms with Crippen molar-refractivity contribution in [2.24, 2.45) is 0 Å². The number of carbonyl (C=O) groups excluding carboxylic acids is 2. The molecule has 0 saturated heterocycles. The predicted molar refractivity (Wildman–Crippen MR) is 133 cm³/mol. The van der Waals surface area contributed by atoms with E-state index in [1.807, 2.05) is 0 Å². The summed E-state index contributed by atoms with van der Waals surface area (Å²) in [4.78, 5) is 25.9. The SMILES string of the molecule is COc1ccc(C2=C(C(=O)OC(C)C)C(c3cccc(OCc4ccc(F)cc4)c3)NC(=O)N2)cc1. The van der Waals surface area contributed by atoms with Gasteiger partial charge in [0.05, 0.1) is 30.5 Å². The van der Waals surface area contributed by atoms with Gasteiger partial charge in [-0.1, -0.05) is 24.3 Å². The first-order valence-electron chi connectivity index (χ1n) is 11.5. The summed E-state index contributed by atoms with van der Waals surface area (Å²) in [5.41, 5.74) is 2.71. The van der Waals surface area contributed by atoms with Crippen molar-refractivity contribution in [3.05, 3.63) is 101 Å². The fourth-order valence-electron chi connectivity index (χ4n) is 3.83. The molecule has 0 bridgehead atoms. The molecule has 0 aliphatic carbocycles. The van der Waals surface area contributed by atoms with Crippen LogP contribution in [0.1, 0.15) is 36.6 Å². The van der Waals surface area contributed by atoms with Crippen molar-refractivity contribution in [2.45, 2.75) is 32.6 Å². The number of amides is 2. The Morgan fingerprint density at radius 1 is 1.00 bits per heavy atom. The molecule has 186 valence electrons. The second-order valence-electron chi connectivity index (χ2n) is 8.49. The monoisotopic (exact) mass is 490 g/mol. The molecule has 7 nitrogen and oxygen atoms in total. The van der Waals surface area contributed by atoms with E-state index in [-0.39, 0.29) is 24.1 Å². The minimum absolute atomic E-state index is 0.234. The molecular weight excluding hydrogens is 463 g/mol. The van der Waals surface area contributed by atoms with E-state index < -0.39 is 18.0 Å². The molecule has 4 rings (SSSR count). The van der Waals surface area contributed by atoms with Gasteiger partial charge in [0.25, 0.3) is 0 Å². The molecule has 1 atom stereocenters. The average molecular weight is 491 g/mol. The van der Waals surface area contributed by atoms with Gasteiger partial charge >= 0.3 is 12.0 Å². The van der Waals surface area contributed by atoms with Gasteiger partial charge < -0.3 is 24.8 Å². The lowest BCUT2D eigenvalue weighted by Crippen LogP contribution is -2.45. The fourth-order valence-corrected chi connectivity index (χ4v) is 3.83. The number of methoxy groups -OCH3 is 1. The molecule has 0 fully saturated rings. The molecule has 0 spiro atoms. The average Bonchev–Trinajstić information content (AvgIpc) is 2.87. The summed E-state index contributed by atoms with van der Waals surface area (Å²) < 4.78 is 29.8. The van der Waals surface area contributed by atoms with E-state index in [0.717, 1.165) is 5.56 Å². The van der Waals surface area contributed by atoms with E-state index in [1.165, 1.54) is 12.1 Å². The Hall–Kier alpha value is -4.33. The highest BCUT2D eigenvalue weighted by Gasteiger charge is 2.35. The highest BCUT2D eigenvalue weighted by Crippen LogP contribution is 2.34. The molecule has 2 N–H and O–H groups in total. The van der Waals surface area contributed by atoms with Crippen molar-refractivity contribution >= 4 is 17.7 Å². The number of esters is 1. The molecular formula is C28H27FN2O5. The van der Waals surface area contributed by atoms with Gasteiger partial charge in [-0.25, -0.2) is 14.0 Å². The van der Waals surface area contributed by atoms with Crippen molar-refractivity contribution in [3.63, 3.8) is 0 Å². The van der Waals surface area contributed by atoms with Crippen LogP contribution in [0, 0.1) is 5.82 Å². The zero-order chi connectivity index (χ0) is 25.7. The highest BCUT2D eigenvalue weighted by atomic mass is 19.1. The van der Waals surface area contributed by atoms with Crippen molar-refractivity contribution in [3.8, 4) is 11.5 Å². The number of rotatable bonds is 8. The number of benzene rings is 3. The standard InChI is InChI=1S/C28H27FN2O5/c1-17(2)36-27(32)24-25(19-9-13-22(34-3)14-10-19)30-28(33)31-26(24)20-5-4-6-23(15-20)35-16-18-7-11-21(29)12-8-18/h4-15,17,26H,16H2,1-3H3,(H2,30,31,33). The maximum absolute atomic E-state index is 13.3. The molecule has 2 amide bonds. The lowest BCUT2D eigenvalue weighted by molar-refractivity contribution is -0.143. The summed E-state index contributed by atoms with van der Waals surface area (Å²) in [6, 6.07) is 19.0. The predicted octanol–water partition coefficient (Wildman–Crippen LogP) is 5.13. The van der Waals surface area contributed by atoms with Crippen LogP contribution in [0.25, 0.3) is 5.70 Å². The van der Waals surface area contributed by atoms with E-state index >= 15 is 0 Å². The van der Waals surface area contributed by atoms with Crippen molar-refractivity contribution in [2.75, 3.05) is 7.11 Å². The van der Waals surface area contributed by atoms with Gasteiger partial charge in [-0.05, 0) is 79.1 Å². The van der Waals surface area contributed by atoms with Crippen LogP contribution >= 0.6 is 0 Å². The highest BCUT2D eigenvalue weighted by molar-refractivity contribution is 6.04. The second-order valence-corrected chi connectivity index (χ2v) is 8.49. The number of carbonyl (C=O) groups is 2. The molecule has 3 aromatic carbocycles. The van der Waals surface area contributed by atoms with Crippen LogP contribution in [0.4, 0.5) is 9.18 Å². The van der Waals surface area contributed by atoms with Gasteiger partial charge in [0, 0.05) is 0 Å². The molecule has 1 heterocycles. The molecule has 0 radical (unpaired) electrons. The van der Waals surface area contributed by atoms with E-state index in [4.69, 9.17) is 14.2 Å². The number of halogens is 1. The normalized spacial score (nSPS) is 15.2. The third-order valence-corrected chi connectivity index (χ3v) is 5.52. The second kappa shape index (κ2) is 10.9. The number of hydrogen-bond acceptors (Lipinski definition) is 5. The van der Waals surface area contributed by atoms with E-state index in [2.05, 4.69) is 10.6 Å². The third-order valence-electron chi connectivity index (χ3n) is 5.52. The van der Waals surface area contributed by atoms with Gasteiger partial charge in [0.15, 0.2) is 0 Å². The Balaban J connectivity index is 1.70. The van der Waals surface area contributed by atoms with Crippen LogP contribution in [0.5, 0.6) is 11.5 Å². The van der Waals surface area contributed by atoms with Crippen LogP contribution in [0.15, 0.2) is 78.4 Å². The molecule has 1 aliphatic heterocycles. The minimum Gasteiger partial charge on any atom is -0.497 e. The molecule has 36 heavy (non-hydrogen) atoms. The molecule has 0 saturated carbocycles. The maximum atomic E-state index is 13.3. The Bertz CT molecular complexity index is 1270. The van der Waals surface area contributed by atoms with Gasteiger partial charge in [-0.2, -0.15) is 0 Å². The molecule has 1 aliphatic rings. The van der Waals surface area contributed by atoms with Crippen molar-refractivity contribution < 1.29 is 28.2 Å². The Labute approximate surface area is 208 Å². The zero-order valence-electron chi connectivity index (χ0n) is 20.2. The lowest BCUT2D eigenvalue weighted by atomic mass is 9.92. The smallest absolute Gasteiger partial charge is 0.338 e. The lowest BCUT2D eigenvalue weighted by Gasteiger charge is -2.30. The maximum Gasteiger partial charge on any atom is 0.338 e. The third kappa shape index (κ3) is 5.83. The number of nitrogens with one attached hydrogen (secondary N) is 2. The van der Waals surface area contributed by atoms with Crippen LogP contribution < -0.4 is 20.1 Å². The first kappa shape index (κ1) is 24.8. The Morgan fingerprint density at radius 3 is 2.39 bits per heavy atom. The quantitative estimate of drug-likeness (QED) is 0.428. The molecule has 0 aromatic heterocycles. The number of hydrogen-bond donors (Lipinski definition) is 2. The largest absolute Gasteiger partial charge is 0.497 e. The summed E-state index contributed by atoms with van der Waals surface area (Å²) in [6.45, 7) is 3.76. The Morgan fingerprint density at radius 2 is 1.72 bits per heavy atom. The van der Waals surface area contributed by atoms with Gasteiger partial charge in [-0.15, -0.1) is 0 Å². The summed E-state index contributed by atoms with van der Waals surface area (Å²) in [6.07, 6.45) is -0.356. The molecule has 3 aromatic rings. The fraction of sp³-hybridized carbons (Fsp3) is 0.214. The number of ether oxygens (including phenoxy) is 3. The van der Waals surface area contributed by atoms with E-state index in [9.17, 15) is 14.0 Å². The van der Waals surface area contributed by atoms with Gasteiger partial charge in [-0.3, -0.25) is 0 Å². The van der Waals surface area contributed by atoms with E-state index in [0.29, 0.717) is 28.3 Å².